The van der Waals surface area contributed by atoms with Gasteiger partial charge in [0.2, 0.25) is 10.0 Å². The molecule has 1 atom stereocenters. The van der Waals surface area contributed by atoms with E-state index in [1.807, 2.05) is 37.3 Å². The molecular weight excluding hydrogens is 334 g/mol. The molecule has 0 aliphatic carbocycles. The van der Waals surface area contributed by atoms with Crippen LogP contribution in [-0.2, 0) is 21.2 Å². The maximum Gasteiger partial charge on any atom is 0.242 e. The molecule has 1 N–H and O–H groups in total. The first-order valence-electron chi connectivity index (χ1n) is 7.18. The van der Waals surface area contributed by atoms with Gasteiger partial charge in [0.15, 0.2) is 11.3 Å². The van der Waals surface area contributed by atoms with Crippen LogP contribution in [0.1, 0.15) is 17.5 Å². The van der Waals surface area contributed by atoms with Crippen LogP contribution < -0.4 is 4.72 Å². The van der Waals surface area contributed by atoms with Gasteiger partial charge < -0.3 is 0 Å². The van der Waals surface area contributed by atoms with Crippen molar-refractivity contribution in [1.29, 1.82) is 0 Å². The lowest BCUT2D eigenvalue weighted by atomic mass is 10.1. The number of carbonyl (C=O) groups is 1. The number of nitrogens with one attached hydrogen (secondary N) is 1. The summed E-state index contributed by atoms with van der Waals surface area (Å²) >= 11 is 5.92. The van der Waals surface area contributed by atoms with Crippen LogP contribution >= 0.6 is 11.6 Å². The zero-order chi connectivity index (χ0) is 16.9. The highest BCUT2D eigenvalue weighted by Crippen LogP contribution is 2.13. The first kappa shape index (κ1) is 17.7. The zero-order valence-corrected chi connectivity index (χ0v) is 14.3. The van der Waals surface area contributed by atoms with E-state index in [0.29, 0.717) is 6.42 Å². The Labute approximate surface area is 141 Å². The number of hydrogen-bond donors (Lipinski definition) is 1. The molecule has 0 saturated carbocycles. The summed E-state index contributed by atoms with van der Waals surface area (Å²) in [7, 11) is -3.81. The van der Waals surface area contributed by atoms with Crippen LogP contribution in [0.2, 0.25) is 0 Å². The highest BCUT2D eigenvalue weighted by atomic mass is 35.5. The molecule has 0 fully saturated rings. The second-order valence-corrected chi connectivity index (χ2v) is 7.40. The van der Waals surface area contributed by atoms with E-state index < -0.39 is 15.5 Å². The largest absolute Gasteiger partial charge is 0.296 e. The van der Waals surface area contributed by atoms with Crippen LogP contribution in [0.3, 0.4) is 0 Å². The molecule has 2 rings (SSSR count). The van der Waals surface area contributed by atoms with Gasteiger partial charge in [-0.1, -0.05) is 59.6 Å². The third-order valence-electron chi connectivity index (χ3n) is 3.38. The Bertz CT molecular complexity index is 758. The van der Waals surface area contributed by atoms with Crippen molar-refractivity contribution >= 4 is 27.4 Å². The maximum atomic E-state index is 12.2. The Morgan fingerprint density at radius 2 is 1.70 bits per heavy atom. The maximum absolute atomic E-state index is 12.2. The number of benzene rings is 2. The number of carbonyl (C=O) groups excluding carboxylic acids is 1. The van der Waals surface area contributed by atoms with Crippen molar-refractivity contribution in [2.75, 3.05) is 0 Å². The summed E-state index contributed by atoms with van der Waals surface area (Å²) in [5.41, 5.74) is 0.682. The van der Waals surface area contributed by atoms with Crippen LogP contribution in [0.5, 0.6) is 0 Å². The highest BCUT2D eigenvalue weighted by molar-refractivity contribution is 7.89. The third-order valence-corrected chi connectivity index (χ3v) is 5.30. The van der Waals surface area contributed by atoms with E-state index in [4.69, 9.17) is 11.6 Å². The highest BCUT2D eigenvalue weighted by Gasteiger charge is 2.23. The van der Waals surface area contributed by atoms with E-state index in [1.165, 1.54) is 12.1 Å². The third kappa shape index (κ3) is 5.16. The molecule has 0 spiro atoms. The Morgan fingerprint density at radius 1 is 1.09 bits per heavy atom. The molecule has 0 saturated heterocycles. The molecule has 4 nitrogen and oxygen atoms in total. The SMILES string of the molecule is Cc1ccc(S(=O)(=O)N[C@@H](Cl)C(=O)CCc2ccccc2)cc1. The van der Waals surface area contributed by atoms with Crippen molar-refractivity contribution in [3.63, 3.8) is 0 Å². The first-order chi connectivity index (χ1) is 10.9. The summed E-state index contributed by atoms with van der Waals surface area (Å²) in [6.45, 7) is 1.86. The van der Waals surface area contributed by atoms with Gasteiger partial charge in [0.25, 0.3) is 0 Å². The minimum Gasteiger partial charge on any atom is -0.296 e. The number of rotatable bonds is 7. The minimum absolute atomic E-state index is 0.0876. The van der Waals surface area contributed by atoms with Gasteiger partial charge in [-0.05, 0) is 31.0 Å². The van der Waals surface area contributed by atoms with E-state index in [2.05, 4.69) is 4.72 Å². The van der Waals surface area contributed by atoms with Gasteiger partial charge in [0.05, 0.1) is 4.90 Å². The molecule has 2 aromatic carbocycles. The van der Waals surface area contributed by atoms with Crippen molar-refractivity contribution < 1.29 is 13.2 Å². The van der Waals surface area contributed by atoms with Crippen LogP contribution in [-0.4, -0.2) is 19.7 Å². The van der Waals surface area contributed by atoms with Gasteiger partial charge in [0, 0.05) is 6.42 Å². The van der Waals surface area contributed by atoms with E-state index in [0.717, 1.165) is 11.1 Å². The molecule has 0 radical (unpaired) electrons. The quantitative estimate of drug-likeness (QED) is 0.616. The summed E-state index contributed by atoms with van der Waals surface area (Å²) in [5.74, 6) is -0.355. The van der Waals surface area contributed by atoms with E-state index in [-0.39, 0.29) is 17.1 Å². The summed E-state index contributed by atoms with van der Waals surface area (Å²) < 4.78 is 26.6. The molecule has 0 aromatic heterocycles. The second-order valence-electron chi connectivity index (χ2n) is 5.25. The molecule has 6 heteroatoms. The van der Waals surface area contributed by atoms with Crippen molar-refractivity contribution in [1.82, 2.24) is 4.72 Å². The van der Waals surface area contributed by atoms with Gasteiger partial charge in [-0.2, -0.15) is 4.72 Å². The van der Waals surface area contributed by atoms with Crippen LogP contribution in [0.15, 0.2) is 59.5 Å². The smallest absolute Gasteiger partial charge is 0.242 e. The van der Waals surface area contributed by atoms with Gasteiger partial charge >= 0.3 is 0 Å². The number of aryl methyl sites for hydroxylation is 2. The zero-order valence-electron chi connectivity index (χ0n) is 12.7. The van der Waals surface area contributed by atoms with Gasteiger partial charge in [-0.3, -0.25) is 4.79 Å². The van der Waals surface area contributed by atoms with Crippen molar-refractivity contribution in [3.8, 4) is 0 Å². The molecule has 0 bridgehead atoms. The normalized spacial score (nSPS) is 12.8. The molecule has 23 heavy (non-hydrogen) atoms. The molecule has 0 amide bonds. The van der Waals surface area contributed by atoms with E-state index >= 15 is 0 Å². The van der Waals surface area contributed by atoms with Crippen molar-refractivity contribution in [3.05, 3.63) is 65.7 Å². The average molecular weight is 352 g/mol. The number of halogens is 1. The molecule has 2 aromatic rings. The summed E-state index contributed by atoms with van der Waals surface area (Å²) in [4.78, 5) is 12.1. The lowest BCUT2D eigenvalue weighted by molar-refractivity contribution is -0.118. The lowest BCUT2D eigenvalue weighted by Gasteiger charge is -2.12. The van der Waals surface area contributed by atoms with Crippen LogP contribution in [0, 0.1) is 6.92 Å². The predicted octanol–water partition coefficient (Wildman–Crippen LogP) is 3.04. The van der Waals surface area contributed by atoms with Gasteiger partial charge in [0.1, 0.15) is 0 Å². The minimum atomic E-state index is -3.81. The van der Waals surface area contributed by atoms with Crippen molar-refractivity contribution in [2.24, 2.45) is 0 Å². The number of alkyl halides is 1. The topological polar surface area (TPSA) is 63.2 Å². The number of Topliss-reactive ketones (excluding diaryl/α,β-unsaturated/α-hetero) is 1. The molecular formula is C17H18ClNO3S. The number of hydrogen-bond acceptors (Lipinski definition) is 3. The summed E-state index contributed by atoms with van der Waals surface area (Å²) in [6, 6.07) is 15.8. The predicted molar refractivity (Wildman–Crippen MR) is 90.9 cm³/mol. The van der Waals surface area contributed by atoms with Crippen molar-refractivity contribution in [2.45, 2.75) is 30.2 Å². The molecule has 0 unspecified atom stereocenters. The Hall–Kier alpha value is -1.69. The molecule has 0 heterocycles. The Morgan fingerprint density at radius 3 is 2.30 bits per heavy atom. The van der Waals surface area contributed by atoms with Gasteiger partial charge in [-0.15, -0.1) is 0 Å². The number of ketones is 1. The summed E-state index contributed by atoms with van der Waals surface area (Å²) in [6.07, 6.45) is 0.698. The van der Waals surface area contributed by atoms with Crippen LogP contribution in [0.25, 0.3) is 0 Å². The van der Waals surface area contributed by atoms with Crippen LogP contribution in [0.4, 0.5) is 0 Å². The number of sulfonamides is 1. The molecule has 0 aliphatic heterocycles. The monoisotopic (exact) mass is 351 g/mol. The second kappa shape index (κ2) is 7.73. The fraction of sp³-hybridized carbons (Fsp3) is 0.235. The van der Waals surface area contributed by atoms with E-state index in [9.17, 15) is 13.2 Å². The van der Waals surface area contributed by atoms with Gasteiger partial charge in [-0.25, -0.2) is 8.42 Å². The fourth-order valence-electron chi connectivity index (χ4n) is 2.03. The summed E-state index contributed by atoms with van der Waals surface area (Å²) in [5, 5.41) is 0. The molecule has 122 valence electrons. The standard InChI is InChI=1S/C17H18ClNO3S/c1-13-7-10-15(11-8-13)23(21,22)19-17(18)16(20)12-9-14-5-3-2-4-6-14/h2-8,10-11,17,19H,9,12H2,1H3/t17-/m1/s1. The lowest BCUT2D eigenvalue weighted by Crippen LogP contribution is -2.36. The first-order valence-corrected chi connectivity index (χ1v) is 9.10. The fourth-order valence-corrected chi connectivity index (χ4v) is 3.52. The Balaban J connectivity index is 1.96. The van der Waals surface area contributed by atoms with E-state index in [1.54, 1.807) is 12.1 Å². The molecule has 0 aliphatic rings. The Kier molecular flexibility index (Phi) is 5.93. The average Bonchev–Trinajstić information content (AvgIpc) is 2.53.